The van der Waals surface area contributed by atoms with E-state index in [2.05, 4.69) is 0 Å². The molecule has 1 heterocycles. The van der Waals surface area contributed by atoms with Crippen molar-refractivity contribution in [3.63, 3.8) is 0 Å². The monoisotopic (exact) mass is 271 g/mol. The zero-order valence-electron chi connectivity index (χ0n) is 11.6. The third-order valence-electron chi connectivity index (χ3n) is 2.89. The number of hydrogen-bond acceptors (Lipinski definition) is 4. The molecule has 0 radical (unpaired) electrons. The van der Waals surface area contributed by atoms with Crippen molar-refractivity contribution in [1.29, 1.82) is 0 Å². The minimum atomic E-state index is -1.07. The Morgan fingerprint density at radius 3 is 2.47 bits per heavy atom. The van der Waals surface area contributed by atoms with Crippen LogP contribution in [0, 0.1) is 5.92 Å². The molecular weight excluding hydrogens is 250 g/mol. The Bertz CT molecular complexity index is 372. The first kappa shape index (κ1) is 15.5. The van der Waals surface area contributed by atoms with E-state index in [0.717, 1.165) is 0 Å². The van der Waals surface area contributed by atoms with Gasteiger partial charge in [0.2, 0.25) is 0 Å². The van der Waals surface area contributed by atoms with Crippen molar-refractivity contribution >= 4 is 17.8 Å². The smallest absolute Gasteiger partial charge is 0.410 e. The summed E-state index contributed by atoms with van der Waals surface area (Å²) < 4.78 is 5.24. The van der Waals surface area contributed by atoms with E-state index in [1.807, 2.05) is 0 Å². The molecule has 0 spiro atoms. The molecule has 1 amide bonds. The van der Waals surface area contributed by atoms with E-state index in [0.29, 0.717) is 13.0 Å². The van der Waals surface area contributed by atoms with Crippen molar-refractivity contribution in [2.75, 3.05) is 13.1 Å². The van der Waals surface area contributed by atoms with Gasteiger partial charge >= 0.3 is 12.1 Å². The Kier molecular flexibility index (Phi) is 4.91. The molecule has 1 atom stereocenters. The molecule has 1 N–H and O–H groups in total. The lowest BCUT2D eigenvalue weighted by Gasteiger charge is -2.29. The lowest BCUT2D eigenvalue weighted by atomic mass is 9.94. The number of nitrogens with zero attached hydrogens (tertiary/aromatic N) is 1. The van der Waals surface area contributed by atoms with Gasteiger partial charge in [-0.1, -0.05) is 0 Å². The van der Waals surface area contributed by atoms with Crippen molar-refractivity contribution in [1.82, 2.24) is 4.90 Å². The number of carbonyl (C=O) groups is 3. The molecule has 0 aromatic carbocycles. The molecule has 6 heteroatoms. The molecule has 1 unspecified atom stereocenters. The number of hydrogen-bond donors (Lipinski definition) is 1. The minimum Gasteiger partial charge on any atom is -0.481 e. The Morgan fingerprint density at radius 2 is 1.95 bits per heavy atom. The summed E-state index contributed by atoms with van der Waals surface area (Å²) in [7, 11) is 0. The van der Waals surface area contributed by atoms with Gasteiger partial charge in [-0.3, -0.25) is 9.59 Å². The molecule has 0 bridgehead atoms. The van der Waals surface area contributed by atoms with Crippen LogP contribution < -0.4 is 0 Å². The van der Waals surface area contributed by atoms with Gasteiger partial charge in [0.05, 0.1) is 0 Å². The maximum Gasteiger partial charge on any atom is 0.410 e. The van der Waals surface area contributed by atoms with E-state index in [1.165, 1.54) is 4.90 Å². The Balaban J connectivity index is 2.61. The SMILES string of the molecule is CC(C)(C)OC(=O)N1CCCC(C(=O)O)C(=O)CC1. The van der Waals surface area contributed by atoms with Crippen molar-refractivity contribution < 1.29 is 24.2 Å². The van der Waals surface area contributed by atoms with Crippen LogP contribution in [0.4, 0.5) is 4.79 Å². The lowest BCUT2D eigenvalue weighted by molar-refractivity contribution is -0.147. The maximum absolute atomic E-state index is 11.9. The maximum atomic E-state index is 11.9. The Hall–Kier alpha value is -1.59. The first-order chi connectivity index (χ1) is 8.70. The van der Waals surface area contributed by atoms with Crippen LogP contribution in [-0.4, -0.2) is 46.5 Å². The highest BCUT2D eigenvalue weighted by Gasteiger charge is 2.30. The Morgan fingerprint density at radius 1 is 1.32 bits per heavy atom. The van der Waals surface area contributed by atoms with Gasteiger partial charge in [-0.25, -0.2) is 4.79 Å². The summed E-state index contributed by atoms with van der Waals surface area (Å²) in [5.74, 6) is -2.32. The van der Waals surface area contributed by atoms with E-state index in [-0.39, 0.29) is 25.2 Å². The molecule has 108 valence electrons. The summed E-state index contributed by atoms with van der Waals surface area (Å²) in [5, 5.41) is 8.93. The third-order valence-corrected chi connectivity index (χ3v) is 2.89. The fraction of sp³-hybridized carbons (Fsp3) is 0.769. The molecule has 1 aliphatic rings. The fourth-order valence-corrected chi connectivity index (χ4v) is 1.95. The number of ether oxygens (including phenoxy) is 1. The number of carbonyl (C=O) groups excluding carboxylic acids is 2. The highest BCUT2D eigenvalue weighted by molar-refractivity contribution is 5.98. The van der Waals surface area contributed by atoms with E-state index in [1.54, 1.807) is 20.8 Å². The predicted octanol–water partition coefficient (Wildman–Crippen LogP) is 1.68. The van der Waals surface area contributed by atoms with Crippen molar-refractivity contribution in [2.24, 2.45) is 5.92 Å². The molecule has 0 aromatic rings. The van der Waals surface area contributed by atoms with Crippen molar-refractivity contribution in [2.45, 2.75) is 45.6 Å². The van der Waals surface area contributed by atoms with E-state index >= 15 is 0 Å². The highest BCUT2D eigenvalue weighted by atomic mass is 16.6. The van der Waals surface area contributed by atoms with Gasteiger partial charge in [0, 0.05) is 19.5 Å². The minimum absolute atomic E-state index is 0.0657. The van der Waals surface area contributed by atoms with Crippen LogP contribution in [0.5, 0.6) is 0 Å². The second-order valence-electron chi connectivity index (χ2n) is 5.72. The number of ketones is 1. The van der Waals surface area contributed by atoms with E-state index < -0.39 is 23.6 Å². The molecule has 19 heavy (non-hydrogen) atoms. The molecule has 0 saturated carbocycles. The van der Waals surface area contributed by atoms with Gasteiger partial charge in [0.1, 0.15) is 17.3 Å². The summed E-state index contributed by atoms with van der Waals surface area (Å²) >= 11 is 0. The lowest BCUT2D eigenvalue weighted by Crippen LogP contribution is -2.41. The number of Topliss-reactive ketones (excluding diaryl/α,β-unsaturated/α-hetero) is 1. The molecule has 1 rings (SSSR count). The van der Waals surface area contributed by atoms with E-state index in [4.69, 9.17) is 9.84 Å². The van der Waals surface area contributed by atoms with Crippen LogP contribution in [0.15, 0.2) is 0 Å². The first-order valence-electron chi connectivity index (χ1n) is 6.44. The number of likely N-dealkylation sites (tertiary alicyclic amines) is 1. The summed E-state index contributed by atoms with van der Waals surface area (Å²) in [5.41, 5.74) is -0.576. The van der Waals surface area contributed by atoms with Gasteiger partial charge in [-0.2, -0.15) is 0 Å². The quantitative estimate of drug-likeness (QED) is 0.733. The zero-order valence-corrected chi connectivity index (χ0v) is 11.6. The molecule has 1 fully saturated rings. The standard InChI is InChI=1S/C13H21NO5/c1-13(2,3)19-12(18)14-7-4-5-9(11(16)17)10(15)6-8-14/h9H,4-8H2,1-3H3,(H,16,17). The molecule has 0 aromatic heterocycles. The first-order valence-corrected chi connectivity index (χ1v) is 6.44. The molecule has 6 nitrogen and oxygen atoms in total. The average Bonchev–Trinajstić information content (AvgIpc) is 2.20. The van der Waals surface area contributed by atoms with Gasteiger partial charge in [-0.15, -0.1) is 0 Å². The topological polar surface area (TPSA) is 83.9 Å². The highest BCUT2D eigenvalue weighted by Crippen LogP contribution is 2.17. The van der Waals surface area contributed by atoms with Gasteiger partial charge < -0.3 is 14.7 Å². The predicted molar refractivity (Wildman–Crippen MR) is 67.8 cm³/mol. The molecule has 1 aliphatic heterocycles. The van der Waals surface area contributed by atoms with Gasteiger partial charge in [0.15, 0.2) is 0 Å². The number of carboxylic acids is 1. The van der Waals surface area contributed by atoms with Crippen LogP contribution in [0.2, 0.25) is 0 Å². The van der Waals surface area contributed by atoms with Crippen LogP contribution in [-0.2, 0) is 14.3 Å². The third kappa shape index (κ3) is 4.89. The Labute approximate surface area is 112 Å². The van der Waals surface area contributed by atoms with Gasteiger partial charge in [0.25, 0.3) is 0 Å². The average molecular weight is 271 g/mol. The summed E-state index contributed by atoms with van der Waals surface area (Å²) in [6, 6.07) is 0. The molecule has 1 saturated heterocycles. The number of carboxylic acid groups (broad SMARTS) is 1. The number of rotatable bonds is 1. The van der Waals surface area contributed by atoms with Gasteiger partial charge in [-0.05, 0) is 33.6 Å². The van der Waals surface area contributed by atoms with Crippen molar-refractivity contribution in [3.05, 3.63) is 0 Å². The van der Waals surface area contributed by atoms with Crippen LogP contribution in [0.1, 0.15) is 40.0 Å². The second kappa shape index (κ2) is 6.04. The molecular formula is C13H21NO5. The van der Waals surface area contributed by atoms with E-state index in [9.17, 15) is 14.4 Å². The normalized spacial score (nSPS) is 21.5. The van der Waals surface area contributed by atoms with Crippen LogP contribution in [0.25, 0.3) is 0 Å². The number of amides is 1. The summed E-state index contributed by atoms with van der Waals surface area (Å²) in [6.45, 7) is 5.98. The second-order valence-corrected chi connectivity index (χ2v) is 5.72. The number of aliphatic carboxylic acids is 1. The summed E-state index contributed by atoms with van der Waals surface area (Å²) in [4.78, 5) is 36.0. The van der Waals surface area contributed by atoms with Crippen molar-refractivity contribution in [3.8, 4) is 0 Å². The fourth-order valence-electron chi connectivity index (χ4n) is 1.95. The largest absolute Gasteiger partial charge is 0.481 e. The van der Waals surface area contributed by atoms with Crippen LogP contribution in [0.3, 0.4) is 0 Å². The molecule has 0 aliphatic carbocycles. The van der Waals surface area contributed by atoms with Crippen LogP contribution >= 0.6 is 0 Å². The summed E-state index contributed by atoms with van der Waals surface area (Å²) in [6.07, 6.45) is 0.375. The zero-order chi connectivity index (χ0) is 14.6.